The average Bonchev–Trinajstić information content (AvgIpc) is 2.42. The van der Waals surface area contributed by atoms with Gasteiger partial charge in [0.2, 0.25) is 0 Å². The summed E-state index contributed by atoms with van der Waals surface area (Å²) in [6.45, 7) is 0.778. The number of nitrogens with two attached hydrogens (primary N) is 1. The first-order valence-corrected chi connectivity index (χ1v) is 6.91. The summed E-state index contributed by atoms with van der Waals surface area (Å²) in [6.07, 6.45) is 0.681. The summed E-state index contributed by atoms with van der Waals surface area (Å²) in [4.78, 5) is 0. The van der Waals surface area contributed by atoms with E-state index in [1.54, 1.807) is 12.1 Å². The van der Waals surface area contributed by atoms with Gasteiger partial charge in [0.1, 0.15) is 18.2 Å². The molecule has 0 fully saturated rings. The van der Waals surface area contributed by atoms with Crippen molar-refractivity contribution in [2.45, 2.75) is 13.0 Å². The zero-order chi connectivity index (χ0) is 14.5. The summed E-state index contributed by atoms with van der Waals surface area (Å²) in [6, 6.07) is 10.0. The van der Waals surface area contributed by atoms with Crippen LogP contribution in [0.3, 0.4) is 0 Å². The smallest absolute Gasteiger partial charge is 0.141 e. The Hall–Kier alpha value is -1.29. The minimum atomic E-state index is -0.447. The van der Waals surface area contributed by atoms with Gasteiger partial charge in [-0.2, -0.15) is 0 Å². The van der Waals surface area contributed by atoms with Gasteiger partial charge in [-0.3, -0.25) is 0 Å². The molecule has 0 saturated heterocycles. The van der Waals surface area contributed by atoms with Crippen LogP contribution in [-0.4, -0.2) is 6.54 Å². The number of hydrogen-bond donors (Lipinski definition) is 1. The van der Waals surface area contributed by atoms with Gasteiger partial charge in [0.05, 0.1) is 10.0 Å². The van der Waals surface area contributed by atoms with Gasteiger partial charge < -0.3 is 10.5 Å². The van der Waals surface area contributed by atoms with Gasteiger partial charge in [-0.15, -0.1) is 0 Å². The molecule has 2 N–H and O–H groups in total. The zero-order valence-corrected chi connectivity index (χ0v) is 12.2. The minimum Gasteiger partial charge on any atom is -0.487 e. The average molecular weight is 314 g/mol. The summed E-state index contributed by atoms with van der Waals surface area (Å²) in [5.74, 6) is 0.164. The lowest BCUT2D eigenvalue weighted by Gasteiger charge is -2.13. The molecule has 20 heavy (non-hydrogen) atoms. The van der Waals surface area contributed by atoms with Gasteiger partial charge in [-0.25, -0.2) is 4.39 Å². The molecule has 2 rings (SSSR count). The van der Waals surface area contributed by atoms with E-state index in [4.69, 9.17) is 33.7 Å². The fraction of sp³-hybridized carbons (Fsp3) is 0.200. The van der Waals surface area contributed by atoms with Crippen LogP contribution in [0.1, 0.15) is 11.1 Å². The van der Waals surface area contributed by atoms with Crippen LogP contribution in [0.25, 0.3) is 0 Å². The van der Waals surface area contributed by atoms with Gasteiger partial charge in [0.15, 0.2) is 0 Å². The fourth-order valence-corrected chi connectivity index (χ4v) is 2.30. The molecule has 0 atom stereocenters. The molecule has 2 aromatic carbocycles. The van der Waals surface area contributed by atoms with Crippen LogP contribution in [0.5, 0.6) is 5.75 Å². The first-order chi connectivity index (χ1) is 9.61. The third-order valence-electron chi connectivity index (χ3n) is 2.83. The van der Waals surface area contributed by atoms with E-state index in [2.05, 4.69) is 0 Å². The lowest BCUT2D eigenvalue weighted by molar-refractivity contribution is 0.303. The second-order valence-corrected chi connectivity index (χ2v) is 5.12. The molecule has 0 spiro atoms. The number of para-hydroxylation sites is 1. The van der Waals surface area contributed by atoms with Crippen molar-refractivity contribution in [1.82, 2.24) is 0 Å². The molecule has 0 saturated carbocycles. The van der Waals surface area contributed by atoms with Crippen LogP contribution in [0.15, 0.2) is 36.4 Å². The molecule has 0 aromatic heterocycles. The Bertz CT molecular complexity index is 604. The molecule has 0 aliphatic rings. The Labute approximate surface area is 127 Å². The predicted molar refractivity (Wildman–Crippen MR) is 80.0 cm³/mol. The number of hydrogen-bond acceptors (Lipinski definition) is 2. The van der Waals surface area contributed by atoms with Crippen LogP contribution in [0, 0.1) is 5.82 Å². The summed E-state index contributed by atoms with van der Waals surface area (Å²) in [5, 5.41) is 0.608. The highest BCUT2D eigenvalue weighted by molar-refractivity contribution is 6.32. The first kappa shape index (κ1) is 15.1. The molecule has 106 valence electrons. The topological polar surface area (TPSA) is 35.2 Å². The molecular weight excluding hydrogens is 300 g/mol. The Morgan fingerprint density at radius 3 is 2.60 bits per heavy atom. The van der Waals surface area contributed by atoms with Gasteiger partial charge >= 0.3 is 0 Å². The number of benzene rings is 2. The fourth-order valence-electron chi connectivity index (χ4n) is 1.85. The van der Waals surface area contributed by atoms with E-state index in [0.29, 0.717) is 23.7 Å². The first-order valence-electron chi connectivity index (χ1n) is 6.16. The highest BCUT2D eigenvalue weighted by Gasteiger charge is 2.09. The van der Waals surface area contributed by atoms with Gasteiger partial charge in [-0.1, -0.05) is 41.4 Å². The molecule has 5 heteroatoms. The van der Waals surface area contributed by atoms with E-state index in [-0.39, 0.29) is 11.6 Å². The lowest BCUT2D eigenvalue weighted by atomic mass is 10.1. The summed E-state index contributed by atoms with van der Waals surface area (Å²) >= 11 is 11.9. The van der Waals surface area contributed by atoms with Crippen LogP contribution >= 0.6 is 23.2 Å². The predicted octanol–water partition coefficient (Wildman–Crippen LogP) is 4.21. The van der Waals surface area contributed by atoms with Crippen molar-refractivity contribution >= 4 is 23.2 Å². The molecule has 0 amide bonds. The molecule has 0 aliphatic carbocycles. The highest BCUT2D eigenvalue weighted by Crippen LogP contribution is 2.30. The van der Waals surface area contributed by atoms with Crippen LogP contribution < -0.4 is 10.5 Å². The summed E-state index contributed by atoms with van der Waals surface area (Å²) in [5.41, 5.74) is 7.29. The largest absolute Gasteiger partial charge is 0.487 e. The number of ether oxygens (including phenoxy) is 1. The second-order valence-electron chi connectivity index (χ2n) is 4.30. The Morgan fingerprint density at radius 2 is 1.90 bits per heavy atom. The lowest BCUT2D eigenvalue weighted by Crippen LogP contribution is -2.06. The molecular formula is C15H14Cl2FNO. The molecule has 0 bridgehead atoms. The van der Waals surface area contributed by atoms with Gasteiger partial charge in [0, 0.05) is 0 Å². The van der Waals surface area contributed by atoms with Crippen molar-refractivity contribution in [1.29, 1.82) is 0 Å². The monoisotopic (exact) mass is 313 g/mol. The van der Waals surface area contributed by atoms with Crippen molar-refractivity contribution in [2.75, 3.05) is 6.54 Å². The van der Waals surface area contributed by atoms with Gasteiger partial charge in [0.25, 0.3) is 0 Å². The minimum absolute atomic E-state index is 0.0763. The van der Waals surface area contributed by atoms with Crippen molar-refractivity contribution in [2.24, 2.45) is 5.73 Å². The molecule has 0 unspecified atom stereocenters. The summed E-state index contributed by atoms with van der Waals surface area (Å²) < 4.78 is 18.8. The van der Waals surface area contributed by atoms with Crippen LogP contribution in [0.2, 0.25) is 10.0 Å². The number of halogens is 3. The van der Waals surface area contributed by atoms with E-state index in [9.17, 15) is 4.39 Å². The maximum Gasteiger partial charge on any atom is 0.141 e. The standard InChI is InChI=1S/C15H14Cl2FNO/c16-12-3-1-2-11(6-7-19)15(12)20-9-10-4-5-14(18)13(17)8-10/h1-5,8H,6-7,9,19H2. The second kappa shape index (κ2) is 6.93. The Balaban J connectivity index is 2.15. The molecule has 2 nitrogen and oxygen atoms in total. The maximum absolute atomic E-state index is 13.1. The third kappa shape index (κ3) is 3.63. The van der Waals surface area contributed by atoms with Crippen molar-refractivity contribution in [3.05, 3.63) is 63.4 Å². The number of rotatable bonds is 5. The third-order valence-corrected chi connectivity index (χ3v) is 3.42. The molecule has 2 aromatic rings. The Kier molecular flexibility index (Phi) is 5.24. The van der Waals surface area contributed by atoms with Gasteiger partial charge in [-0.05, 0) is 42.3 Å². The zero-order valence-electron chi connectivity index (χ0n) is 10.7. The highest BCUT2D eigenvalue weighted by atomic mass is 35.5. The summed E-state index contributed by atoms with van der Waals surface area (Å²) in [7, 11) is 0. The normalized spacial score (nSPS) is 10.6. The Morgan fingerprint density at radius 1 is 1.10 bits per heavy atom. The van der Waals surface area contributed by atoms with Crippen molar-refractivity contribution in [3.8, 4) is 5.75 Å². The van der Waals surface area contributed by atoms with E-state index >= 15 is 0 Å². The molecule has 0 aliphatic heterocycles. The van der Waals surface area contributed by atoms with E-state index in [1.165, 1.54) is 12.1 Å². The van der Waals surface area contributed by atoms with E-state index in [0.717, 1.165) is 11.1 Å². The van der Waals surface area contributed by atoms with Crippen LogP contribution in [0.4, 0.5) is 4.39 Å². The molecule has 0 radical (unpaired) electrons. The van der Waals surface area contributed by atoms with E-state index < -0.39 is 5.82 Å². The molecule has 0 heterocycles. The van der Waals surface area contributed by atoms with Crippen LogP contribution in [-0.2, 0) is 13.0 Å². The maximum atomic E-state index is 13.1. The van der Waals surface area contributed by atoms with Crippen molar-refractivity contribution in [3.63, 3.8) is 0 Å². The van der Waals surface area contributed by atoms with E-state index in [1.807, 2.05) is 12.1 Å². The quantitative estimate of drug-likeness (QED) is 0.897. The van der Waals surface area contributed by atoms with Crippen molar-refractivity contribution < 1.29 is 9.13 Å². The SMILES string of the molecule is NCCc1cccc(Cl)c1OCc1ccc(F)c(Cl)c1.